The number of carbonyl (C=O) groups excluding carboxylic acids is 1. The van der Waals surface area contributed by atoms with E-state index in [1.54, 1.807) is 57.2 Å². The molecule has 0 fully saturated rings. The quantitative estimate of drug-likeness (QED) is 0.701. The summed E-state index contributed by atoms with van der Waals surface area (Å²) in [5.74, 6) is -0.0615. The van der Waals surface area contributed by atoms with Crippen LogP contribution >= 0.6 is 11.6 Å². The smallest absolute Gasteiger partial charge is 0.241 e. The number of rotatable bonds is 7. The molecule has 1 atom stereocenters. The second kappa shape index (κ2) is 9.07. The van der Waals surface area contributed by atoms with E-state index in [0.717, 1.165) is 11.1 Å². The molecule has 0 aromatic heterocycles. The first-order valence-corrected chi connectivity index (χ1v) is 11.0. The Kier molecular flexibility index (Phi) is 7.26. The average Bonchev–Trinajstić information content (AvgIpc) is 2.59. The van der Waals surface area contributed by atoms with Crippen molar-refractivity contribution in [2.45, 2.75) is 57.0 Å². The Labute approximate surface area is 172 Å². The molecule has 0 spiro atoms. The van der Waals surface area contributed by atoms with Crippen molar-refractivity contribution >= 4 is 27.5 Å². The molecular formula is C21H27ClN2O3S. The van der Waals surface area contributed by atoms with E-state index in [4.69, 9.17) is 11.6 Å². The third-order valence-electron chi connectivity index (χ3n) is 4.06. The van der Waals surface area contributed by atoms with Gasteiger partial charge in [0, 0.05) is 17.0 Å². The molecule has 7 heteroatoms. The Morgan fingerprint density at radius 3 is 2.14 bits per heavy atom. The molecule has 2 aromatic carbocycles. The summed E-state index contributed by atoms with van der Waals surface area (Å²) in [5, 5.41) is 3.62. The van der Waals surface area contributed by atoms with Gasteiger partial charge in [-0.1, -0.05) is 35.9 Å². The zero-order valence-corrected chi connectivity index (χ0v) is 18.2. The first kappa shape index (κ1) is 22.4. The van der Waals surface area contributed by atoms with E-state index >= 15 is 0 Å². The highest BCUT2D eigenvalue weighted by molar-refractivity contribution is 7.89. The molecular weight excluding hydrogens is 396 g/mol. The minimum Gasteiger partial charge on any atom is -0.350 e. The van der Waals surface area contributed by atoms with Gasteiger partial charge in [0.15, 0.2) is 0 Å². The zero-order chi connectivity index (χ0) is 20.9. The van der Waals surface area contributed by atoms with Gasteiger partial charge in [-0.05, 0) is 69.5 Å². The first-order chi connectivity index (χ1) is 13.0. The predicted octanol–water partition coefficient (Wildman–Crippen LogP) is 4.23. The highest BCUT2D eigenvalue weighted by Gasteiger charge is 2.21. The Morgan fingerprint density at radius 1 is 1.04 bits per heavy atom. The van der Waals surface area contributed by atoms with Crippen LogP contribution < -0.4 is 10.0 Å². The van der Waals surface area contributed by atoms with Gasteiger partial charge in [0.25, 0.3) is 0 Å². The summed E-state index contributed by atoms with van der Waals surface area (Å²) in [6.45, 7) is 7.30. The van der Waals surface area contributed by atoms with Gasteiger partial charge < -0.3 is 5.32 Å². The van der Waals surface area contributed by atoms with Crippen LogP contribution in [0, 0.1) is 0 Å². The van der Waals surface area contributed by atoms with Gasteiger partial charge >= 0.3 is 0 Å². The maximum Gasteiger partial charge on any atom is 0.241 e. The van der Waals surface area contributed by atoms with E-state index in [1.165, 1.54) is 0 Å². The normalized spacial score (nSPS) is 13.2. The van der Waals surface area contributed by atoms with Crippen molar-refractivity contribution in [3.8, 4) is 0 Å². The van der Waals surface area contributed by atoms with Crippen molar-refractivity contribution < 1.29 is 13.2 Å². The molecule has 1 amide bonds. The lowest BCUT2D eigenvalue weighted by atomic mass is 10.1. The number of nitrogens with one attached hydrogen (secondary N) is 2. The van der Waals surface area contributed by atoms with E-state index < -0.39 is 15.6 Å². The van der Waals surface area contributed by atoms with Gasteiger partial charge in [0.1, 0.15) is 0 Å². The number of aryl methyl sites for hydroxylation is 1. The largest absolute Gasteiger partial charge is 0.350 e. The van der Waals surface area contributed by atoms with Crippen LogP contribution in [0.5, 0.6) is 0 Å². The Hall–Kier alpha value is -1.89. The Morgan fingerprint density at radius 2 is 1.61 bits per heavy atom. The summed E-state index contributed by atoms with van der Waals surface area (Å²) in [7, 11) is -3.55. The Bertz CT molecular complexity index is 902. The monoisotopic (exact) mass is 422 g/mol. The third-order valence-corrected chi connectivity index (χ3v) is 6.09. The van der Waals surface area contributed by atoms with Crippen molar-refractivity contribution in [2.24, 2.45) is 0 Å². The number of sulfonamides is 1. The molecule has 0 unspecified atom stereocenters. The highest BCUT2D eigenvalue weighted by atomic mass is 35.5. The topological polar surface area (TPSA) is 75.3 Å². The molecule has 0 saturated carbocycles. The fourth-order valence-corrected chi connectivity index (χ4v) is 4.25. The van der Waals surface area contributed by atoms with Crippen molar-refractivity contribution in [3.05, 3.63) is 64.7 Å². The van der Waals surface area contributed by atoms with Crippen LogP contribution in [0.1, 0.15) is 51.3 Å². The summed E-state index contributed by atoms with van der Waals surface area (Å²) in [6.07, 6.45) is 0.858. The molecule has 5 nitrogen and oxygen atoms in total. The molecule has 0 radical (unpaired) electrons. The molecule has 2 rings (SSSR count). The number of halogens is 1. The second-order valence-corrected chi connectivity index (χ2v) is 9.96. The number of hydrogen-bond acceptors (Lipinski definition) is 3. The van der Waals surface area contributed by atoms with Crippen molar-refractivity contribution in [1.82, 2.24) is 10.0 Å². The SMILES string of the molecule is C[C@@H](NC(=O)CCc1ccc(S(=O)(=O)NC(C)(C)C)cc1)c1ccc(Cl)cc1. The molecule has 0 aliphatic carbocycles. The van der Waals surface area contributed by atoms with Crippen molar-refractivity contribution in [2.75, 3.05) is 0 Å². The van der Waals surface area contributed by atoms with E-state index in [1.807, 2.05) is 19.1 Å². The van der Waals surface area contributed by atoms with Crippen LogP contribution in [-0.4, -0.2) is 19.9 Å². The minimum absolute atomic E-state index is 0.0615. The first-order valence-electron chi connectivity index (χ1n) is 9.14. The third kappa shape index (κ3) is 6.93. The van der Waals surface area contributed by atoms with Gasteiger partial charge in [-0.3, -0.25) is 4.79 Å². The highest BCUT2D eigenvalue weighted by Crippen LogP contribution is 2.17. The van der Waals surface area contributed by atoms with Crippen LogP contribution in [0.2, 0.25) is 5.02 Å². The van der Waals surface area contributed by atoms with Crippen LogP contribution in [0.15, 0.2) is 53.4 Å². The van der Waals surface area contributed by atoms with Crippen LogP contribution in [-0.2, 0) is 21.2 Å². The number of carbonyl (C=O) groups is 1. The number of benzene rings is 2. The van der Waals surface area contributed by atoms with E-state index in [0.29, 0.717) is 17.9 Å². The summed E-state index contributed by atoms with van der Waals surface area (Å²) in [6, 6.07) is 13.9. The Balaban J connectivity index is 1.90. The van der Waals surface area contributed by atoms with Gasteiger partial charge in [-0.15, -0.1) is 0 Å². The standard InChI is InChI=1S/C21H27ClN2O3S/c1-15(17-8-10-18(22)11-9-17)23-20(25)14-7-16-5-12-19(13-6-16)28(26,27)24-21(2,3)4/h5-6,8-13,15,24H,7,14H2,1-4H3,(H,23,25)/t15-/m1/s1. The van der Waals surface area contributed by atoms with E-state index in [2.05, 4.69) is 10.0 Å². The summed E-state index contributed by atoms with van der Waals surface area (Å²) < 4.78 is 27.3. The molecule has 0 saturated heterocycles. The van der Waals surface area contributed by atoms with Gasteiger partial charge in [-0.25, -0.2) is 13.1 Å². The summed E-state index contributed by atoms with van der Waals surface area (Å²) >= 11 is 5.88. The number of hydrogen-bond donors (Lipinski definition) is 2. The molecule has 28 heavy (non-hydrogen) atoms. The van der Waals surface area contributed by atoms with Crippen LogP contribution in [0.25, 0.3) is 0 Å². The van der Waals surface area contributed by atoms with E-state index in [-0.39, 0.29) is 16.8 Å². The van der Waals surface area contributed by atoms with Gasteiger partial charge in [0.2, 0.25) is 15.9 Å². The second-order valence-electron chi connectivity index (χ2n) is 7.84. The lowest BCUT2D eigenvalue weighted by Gasteiger charge is -2.20. The lowest BCUT2D eigenvalue weighted by molar-refractivity contribution is -0.121. The van der Waals surface area contributed by atoms with Crippen LogP contribution in [0.4, 0.5) is 0 Å². The summed E-state index contributed by atoms with van der Waals surface area (Å²) in [4.78, 5) is 12.4. The zero-order valence-electron chi connectivity index (χ0n) is 16.6. The van der Waals surface area contributed by atoms with Crippen molar-refractivity contribution in [1.29, 1.82) is 0 Å². The molecule has 0 heterocycles. The van der Waals surface area contributed by atoms with Crippen LogP contribution in [0.3, 0.4) is 0 Å². The molecule has 2 N–H and O–H groups in total. The fraction of sp³-hybridized carbons (Fsp3) is 0.381. The maximum atomic E-state index is 12.3. The molecule has 2 aromatic rings. The minimum atomic E-state index is -3.55. The molecule has 0 bridgehead atoms. The molecule has 0 aliphatic heterocycles. The fourth-order valence-electron chi connectivity index (χ4n) is 2.70. The summed E-state index contributed by atoms with van der Waals surface area (Å²) in [5.41, 5.74) is 1.35. The maximum absolute atomic E-state index is 12.3. The number of amides is 1. The average molecular weight is 423 g/mol. The van der Waals surface area contributed by atoms with Gasteiger partial charge in [-0.2, -0.15) is 0 Å². The predicted molar refractivity (Wildman–Crippen MR) is 113 cm³/mol. The van der Waals surface area contributed by atoms with E-state index in [9.17, 15) is 13.2 Å². The molecule has 0 aliphatic rings. The lowest BCUT2D eigenvalue weighted by Crippen LogP contribution is -2.40. The molecule has 152 valence electrons. The van der Waals surface area contributed by atoms with Gasteiger partial charge in [0.05, 0.1) is 10.9 Å². The van der Waals surface area contributed by atoms with Crippen molar-refractivity contribution in [3.63, 3.8) is 0 Å².